The standard InChI is InChI=1S/C16H18Cl2N2OS/c1-3-11-9-22-15(20-11)7-14(21)19-8-10(2)16-12(17)5-4-6-13(16)18/h4-6,9-10H,3,7-8H2,1-2H3,(H,19,21)/t10-/m0/s1. The van der Waals surface area contributed by atoms with Gasteiger partial charge in [0.25, 0.3) is 0 Å². The summed E-state index contributed by atoms with van der Waals surface area (Å²) in [4.78, 5) is 16.4. The molecule has 118 valence electrons. The number of aromatic nitrogens is 1. The molecule has 0 spiro atoms. The molecule has 0 saturated carbocycles. The van der Waals surface area contributed by atoms with Crippen molar-refractivity contribution in [2.45, 2.75) is 32.6 Å². The zero-order valence-corrected chi connectivity index (χ0v) is 14.9. The first kappa shape index (κ1) is 17.3. The van der Waals surface area contributed by atoms with Gasteiger partial charge in [-0.05, 0) is 24.1 Å². The van der Waals surface area contributed by atoms with Crippen molar-refractivity contribution < 1.29 is 4.79 Å². The largest absolute Gasteiger partial charge is 0.355 e. The summed E-state index contributed by atoms with van der Waals surface area (Å²) in [6.07, 6.45) is 1.20. The SMILES string of the molecule is CCc1csc(CC(=O)NC[C@H](C)c2c(Cl)cccc2Cl)n1. The summed E-state index contributed by atoms with van der Waals surface area (Å²) in [7, 11) is 0. The van der Waals surface area contributed by atoms with Gasteiger partial charge in [-0.1, -0.05) is 43.1 Å². The number of rotatable bonds is 6. The number of hydrogen-bond acceptors (Lipinski definition) is 3. The molecule has 6 heteroatoms. The second-order valence-corrected chi connectivity index (χ2v) is 6.86. The van der Waals surface area contributed by atoms with Gasteiger partial charge < -0.3 is 5.32 Å². The summed E-state index contributed by atoms with van der Waals surface area (Å²) in [5, 5.41) is 7.01. The molecule has 0 aliphatic rings. The second kappa shape index (κ2) is 7.95. The van der Waals surface area contributed by atoms with E-state index < -0.39 is 0 Å². The molecule has 0 saturated heterocycles. The van der Waals surface area contributed by atoms with Gasteiger partial charge in [0.2, 0.25) is 5.91 Å². The number of aryl methyl sites for hydroxylation is 1. The third-order valence-corrected chi connectivity index (χ3v) is 4.93. The van der Waals surface area contributed by atoms with Crippen molar-refractivity contribution in [1.29, 1.82) is 0 Å². The number of thiazole rings is 1. The van der Waals surface area contributed by atoms with Gasteiger partial charge in [0.1, 0.15) is 5.01 Å². The molecule has 0 aliphatic carbocycles. The summed E-state index contributed by atoms with van der Waals surface area (Å²) < 4.78 is 0. The molecule has 1 atom stereocenters. The molecular weight excluding hydrogens is 339 g/mol. The molecule has 1 aromatic heterocycles. The Morgan fingerprint density at radius 3 is 2.64 bits per heavy atom. The Morgan fingerprint density at radius 1 is 1.36 bits per heavy atom. The summed E-state index contributed by atoms with van der Waals surface area (Å²) in [6.45, 7) is 4.54. The van der Waals surface area contributed by atoms with Crippen LogP contribution >= 0.6 is 34.5 Å². The van der Waals surface area contributed by atoms with Gasteiger partial charge in [0.05, 0.1) is 12.1 Å². The third-order valence-electron chi connectivity index (χ3n) is 3.37. The molecule has 0 radical (unpaired) electrons. The predicted molar refractivity (Wildman–Crippen MR) is 93.1 cm³/mol. The van der Waals surface area contributed by atoms with Crippen LogP contribution in [0.3, 0.4) is 0 Å². The maximum Gasteiger partial charge on any atom is 0.226 e. The molecule has 1 aromatic carbocycles. The van der Waals surface area contributed by atoms with Gasteiger partial charge in [-0.2, -0.15) is 0 Å². The number of hydrogen-bond donors (Lipinski definition) is 1. The Balaban J connectivity index is 1.90. The molecular formula is C16H18Cl2N2OS. The third kappa shape index (κ3) is 4.45. The van der Waals surface area contributed by atoms with Crippen molar-refractivity contribution in [3.63, 3.8) is 0 Å². The number of carbonyl (C=O) groups excluding carboxylic acids is 1. The lowest BCUT2D eigenvalue weighted by Crippen LogP contribution is -2.29. The minimum atomic E-state index is -0.0352. The zero-order chi connectivity index (χ0) is 16.1. The number of nitrogens with zero attached hydrogens (tertiary/aromatic N) is 1. The molecule has 2 rings (SSSR count). The van der Waals surface area contributed by atoms with E-state index in [9.17, 15) is 4.79 Å². The lowest BCUT2D eigenvalue weighted by atomic mass is 10.0. The maximum absolute atomic E-state index is 12.0. The summed E-state index contributed by atoms with van der Waals surface area (Å²) in [5.74, 6) is 0.0136. The van der Waals surface area contributed by atoms with Crippen molar-refractivity contribution in [3.8, 4) is 0 Å². The van der Waals surface area contributed by atoms with Crippen LogP contribution in [0.5, 0.6) is 0 Å². The molecule has 0 aliphatic heterocycles. The van der Waals surface area contributed by atoms with Crippen molar-refractivity contribution >= 4 is 40.4 Å². The van der Waals surface area contributed by atoms with Crippen LogP contribution in [-0.4, -0.2) is 17.4 Å². The van der Waals surface area contributed by atoms with Crippen LogP contribution in [-0.2, 0) is 17.6 Å². The van der Waals surface area contributed by atoms with Crippen LogP contribution in [0.4, 0.5) is 0 Å². The summed E-state index contributed by atoms with van der Waals surface area (Å²) in [5.41, 5.74) is 1.90. The topological polar surface area (TPSA) is 42.0 Å². The highest BCUT2D eigenvalue weighted by molar-refractivity contribution is 7.09. The Bertz CT molecular complexity index is 637. The first-order valence-electron chi connectivity index (χ1n) is 7.15. The van der Waals surface area contributed by atoms with E-state index in [2.05, 4.69) is 10.3 Å². The normalized spacial score (nSPS) is 12.2. The monoisotopic (exact) mass is 356 g/mol. The fraction of sp³-hybridized carbons (Fsp3) is 0.375. The van der Waals surface area contributed by atoms with E-state index in [1.807, 2.05) is 37.4 Å². The van der Waals surface area contributed by atoms with Crippen LogP contribution in [0.15, 0.2) is 23.6 Å². The van der Waals surface area contributed by atoms with E-state index in [0.29, 0.717) is 23.0 Å². The first-order chi connectivity index (χ1) is 10.5. The number of nitrogens with one attached hydrogen (secondary N) is 1. The van der Waals surface area contributed by atoms with Crippen LogP contribution < -0.4 is 5.32 Å². The molecule has 1 amide bonds. The molecule has 1 heterocycles. The zero-order valence-electron chi connectivity index (χ0n) is 12.5. The van der Waals surface area contributed by atoms with Gasteiger partial charge in [0.15, 0.2) is 0 Å². The Labute approximate surface area is 144 Å². The summed E-state index contributed by atoms with van der Waals surface area (Å²) >= 11 is 13.9. The highest BCUT2D eigenvalue weighted by Gasteiger charge is 2.15. The van der Waals surface area contributed by atoms with Crippen molar-refractivity contribution in [2.75, 3.05) is 6.54 Å². The molecule has 2 aromatic rings. The van der Waals surface area contributed by atoms with Gasteiger partial charge in [-0.25, -0.2) is 4.98 Å². The van der Waals surface area contributed by atoms with Crippen LogP contribution in [0.2, 0.25) is 10.0 Å². The second-order valence-electron chi connectivity index (χ2n) is 5.10. The average Bonchev–Trinajstić information content (AvgIpc) is 2.92. The molecule has 22 heavy (non-hydrogen) atoms. The van der Waals surface area contributed by atoms with E-state index in [-0.39, 0.29) is 11.8 Å². The van der Waals surface area contributed by atoms with Gasteiger partial charge in [-0.15, -0.1) is 11.3 Å². The molecule has 0 bridgehead atoms. The Hall–Kier alpha value is -1.10. The van der Waals surface area contributed by atoms with Crippen molar-refractivity contribution in [2.24, 2.45) is 0 Å². The van der Waals surface area contributed by atoms with E-state index >= 15 is 0 Å². The highest BCUT2D eigenvalue weighted by atomic mass is 35.5. The maximum atomic E-state index is 12.0. The first-order valence-corrected chi connectivity index (χ1v) is 8.78. The van der Waals surface area contributed by atoms with E-state index in [0.717, 1.165) is 22.7 Å². The Kier molecular flexibility index (Phi) is 6.24. The van der Waals surface area contributed by atoms with Crippen molar-refractivity contribution in [1.82, 2.24) is 10.3 Å². The molecule has 1 N–H and O–H groups in total. The minimum Gasteiger partial charge on any atom is -0.355 e. The quantitative estimate of drug-likeness (QED) is 0.829. The van der Waals surface area contributed by atoms with Gasteiger partial charge in [-0.3, -0.25) is 4.79 Å². The smallest absolute Gasteiger partial charge is 0.226 e. The predicted octanol–water partition coefficient (Wildman–Crippen LogP) is 4.47. The average molecular weight is 357 g/mol. The highest BCUT2D eigenvalue weighted by Crippen LogP contribution is 2.30. The number of amides is 1. The van der Waals surface area contributed by atoms with Crippen LogP contribution in [0.1, 0.15) is 36.0 Å². The van der Waals surface area contributed by atoms with Crippen LogP contribution in [0, 0.1) is 0 Å². The van der Waals surface area contributed by atoms with Crippen LogP contribution in [0.25, 0.3) is 0 Å². The minimum absolute atomic E-state index is 0.0352. The number of benzene rings is 1. The Morgan fingerprint density at radius 2 is 2.05 bits per heavy atom. The molecule has 0 unspecified atom stereocenters. The van der Waals surface area contributed by atoms with Gasteiger partial charge in [0, 0.05) is 27.9 Å². The fourth-order valence-electron chi connectivity index (χ4n) is 2.14. The molecule has 0 fully saturated rings. The fourth-order valence-corrected chi connectivity index (χ4v) is 3.79. The number of carbonyl (C=O) groups is 1. The number of halogens is 2. The lowest BCUT2D eigenvalue weighted by molar-refractivity contribution is -0.120. The van der Waals surface area contributed by atoms with E-state index in [4.69, 9.17) is 23.2 Å². The lowest BCUT2D eigenvalue weighted by Gasteiger charge is -2.16. The van der Waals surface area contributed by atoms with Crippen molar-refractivity contribution in [3.05, 3.63) is 49.9 Å². The van der Waals surface area contributed by atoms with E-state index in [1.54, 1.807) is 0 Å². The van der Waals surface area contributed by atoms with Gasteiger partial charge >= 0.3 is 0 Å². The van der Waals surface area contributed by atoms with E-state index in [1.165, 1.54) is 11.3 Å². The summed E-state index contributed by atoms with van der Waals surface area (Å²) in [6, 6.07) is 5.43. The molecule has 3 nitrogen and oxygen atoms in total.